The second kappa shape index (κ2) is 7.10. The molecule has 0 saturated heterocycles. The van der Waals surface area contributed by atoms with E-state index in [0.717, 1.165) is 19.5 Å². The van der Waals surface area contributed by atoms with E-state index in [4.69, 9.17) is 4.74 Å². The average Bonchev–Trinajstić information content (AvgIpc) is 2.10. The minimum atomic E-state index is -0.111. The SMILES string of the molecule is CCCOC(=O)CN(CC)CC. The van der Waals surface area contributed by atoms with Crippen LogP contribution in [0.2, 0.25) is 0 Å². The summed E-state index contributed by atoms with van der Waals surface area (Å²) in [5.41, 5.74) is 0. The zero-order valence-corrected chi connectivity index (χ0v) is 8.30. The van der Waals surface area contributed by atoms with Crippen molar-refractivity contribution in [3.8, 4) is 0 Å². The van der Waals surface area contributed by atoms with Crippen LogP contribution in [0.3, 0.4) is 0 Å². The number of rotatable bonds is 6. The van der Waals surface area contributed by atoms with Crippen LogP contribution in [0, 0.1) is 0 Å². The lowest BCUT2D eigenvalue weighted by molar-refractivity contribution is -0.144. The van der Waals surface area contributed by atoms with Crippen molar-refractivity contribution in [2.75, 3.05) is 26.2 Å². The van der Waals surface area contributed by atoms with Gasteiger partial charge in [0.2, 0.25) is 0 Å². The summed E-state index contributed by atoms with van der Waals surface area (Å²) in [5.74, 6) is -0.111. The Balaban J connectivity index is 3.52. The Morgan fingerprint density at radius 2 is 1.83 bits per heavy atom. The first-order chi connectivity index (χ1) is 5.74. The largest absolute Gasteiger partial charge is 0.465 e. The molecule has 0 aliphatic rings. The zero-order valence-electron chi connectivity index (χ0n) is 8.30. The Bertz CT molecular complexity index is 122. The van der Waals surface area contributed by atoms with Gasteiger partial charge in [0.05, 0.1) is 13.2 Å². The van der Waals surface area contributed by atoms with Crippen molar-refractivity contribution in [3.05, 3.63) is 0 Å². The number of nitrogens with zero attached hydrogens (tertiary/aromatic N) is 1. The Hall–Kier alpha value is -0.570. The lowest BCUT2D eigenvalue weighted by Crippen LogP contribution is -2.30. The number of esters is 1. The molecule has 0 aliphatic heterocycles. The van der Waals surface area contributed by atoms with Crippen LogP contribution in [0.1, 0.15) is 27.2 Å². The topological polar surface area (TPSA) is 29.5 Å². The van der Waals surface area contributed by atoms with Gasteiger partial charge in [-0.25, -0.2) is 0 Å². The molecule has 3 heteroatoms. The van der Waals surface area contributed by atoms with Crippen LogP contribution in [0.5, 0.6) is 0 Å². The van der Waals surface area contributed by atoms with Crippen LogP contribution >= 0.6 is 0 Å². The first-order valence-corrected chi connectivity index (χ1v) is 4.62. The summed E-state index contributed by atoms with van der Waals surface area (Å²) in [6.45, 7) is 8.83. The van der Waals surface area contributed by atoms with Crippen LogP contribution in [-0.2, 0) is 9.53 Å². The van der Waals surface area contributed by atoms with E-state index in [0.29, 0.717) is 13.2 Å². The minimum Gasteiger partial charge on any atom is -0.465 e. The molecule has 72 valence electrons. The van der Waals surface area contributed by atoms with Crippen molar-refractivity contribution < 1.29 is 9.53 Å². The fourth-order valence-corrected chi connectivity index (χ4v) is 0.891. The van der Waals surface area contributed by atoms with E-state index in [1.54, 1.807) is 0 Å². The van der Waals surface area contributed by atoms with Gasteiger partial charge in [0, 0.05) is 0 Å². The highest BCUT2D eigenvalue weighted by atomic mass is 16.5. The molecule has 0 unspecified atom stereocenters. The lowest BCUT2D eigenvalue weighted by atomic mass is 10.4. The lowest BCUT2D eigenvalue weighted by Gasteiger charge is -2.16. The van der Waals surface area contributed by atoms with Crippen molar-refractivity contribution in [1.82, 2.24) is 4.90 Å². The number of carbonyl (C=O) groups is 1. The van der Waals surface area contributed by atoms with Crippen molar-refractivity contribution in [2.24, 2.45) is 0 Å². The average molecular weight is 173 g/mol. The highest BCUT2D eigenvalue weighted by Crippen LogP contribution is 1.89. The third kappa shape index (κ3) is 5.13. The van der Waals surface area contributed by atoms with Gasteiger partial charge in [-0.05, 0) is 19.5 Å². The maximum Gasteiger partial charge on any atom is 0.320 e. The number of hydrogen-bond donors (Lipinski definition) is 0. The Kier molecular flexibility index (Phi) is 6.76. The maximum atomic E-state index is 11.1. The van der Waals surface area contributed by atoms with E-state index in [9.17, 15) is 4.79 Å². The van der Waals surface area contributed by atoms with Crippen LogP contribution < -0.4 is 0 Å². The van der Waals surface area contributed by atoms with Gasteiger partial charge in [0.1, 0.15) is 0 Å². The molecule has 0 atom stereocenters. The number of carbonyl (C=O) groups excluding carboxylic acids is 1. The molecule has 0 saturated carbocycles. The fraction of sp³-hybridized carbons (Fsp3) is 0.889. The summed E-state index contributed by atoms with van der Waals surface area (Å²) >= 11 is 0. The van der Waals surface area contributed by atoms with Crippen molar-refractivity contribution in [2.45, 2.75) is 27.2 Å². The van der Waals surface area contributed by atoms with Gasteiger partial charge in [0.15, 0.2) is 0 Å². The highest BCUT2D eigenvalue weighted by molar-refractivity contribution is 5.71. The summed E-state index contributed by atoms with van der Waals surface area (Å²) in [5, 5.41) is 0. The molecule has 3 nitrogen and oxygen atoms in total. The van der Waals surface area contributed by atoms with E-state index >= 15 is 0 Å². The normalized spacial score (nSPS) is 10.3. The summed E-state index contributed by atoms with van der Waals surface area (Å²) in [6, 6.07) is 0. The van der Waals surface area contributed by atoms with Crippen molar-refractivity contribution in [1.29, 1.82) is 0 Å². The van der Waals surface area contributed by atoms with E-state index in [1.807, 2.05) is 25.7 Å². The highest BCUT2D eigenvalue weighted by Gasteiger charge is 2.06. The summed E-state index contributed by atoms with van der Waals surface area (Å²) in [7, 11) is 0. The molecule has 0 spiro atoms. The molecule has 0 fully saturated rings. The van der Waals surface area contributed by atoms with Crippen molar-refractivity contribution in [3.63, 3.8) is 0 Å². The molecule has 0 amide bonds. The van der Waals surface area contributed by atoms with Gasteiger partial charge in [-0.3, -0.25) is 9.69 Å². The smallest absolute Gasteiger partial charge is 0.320 e. The number of ether oxygens (including phenoxy) is 1. The Morgan fingerprint density at radius 3 is 2.25 bits per heavy atom. The molecule has 0 aromatic heterocycles. The van der Waals surface area contributed by atoms with Gasteiger partial charge in [-0.2, -0.15) is 0 Å². The first kappa shape index (κ1) is 11.4. The molecular weight excluding hydrogens is 154 g/mol. The molecule has 0 aliphatic carbocycles. The quantitative estimate of drug-likeness (QED) is 0.567. The Morgan fingerprint density at radius 1 is 1.25 bits per heavy atom. The van der Waals surface area contributed by atoms with E-state index in [2.05, 4.69) is 0 Å². The van der Waals surface area contributed by atoms with Gasteiger partial charge in [0.25, 0.3) is 0 Å². The van der Waals surface area contributed by atoms with Crippen LogP contribution in [-0.4, -0.2) is 37.1 Å². The summed E-state index contributed by atoms with van der Waals surface area (Å²) < 4.78 is 4.94. The molecule has 0 heterocycles. The molecule has 0 aromatic rings. The molecule has 0 rings (SSSR count). The fourth-order valence-electron chi connectivity index (χ4n) is 0.891. The second-order valence-electron chi connectivity index (χ2n) is 2.68. The number of hydrogen-bond acceptors (Lipinski definition) is 3. The van der Waals surface area contributed by atoms with Crippen LogP contribution in [0.25, 0.3) is 0 Å². The van der Waals surface area contributed by atoms with E-state index in [1.165, 1.54) is 0 Å². The maximum absolute atomic E-state index is 11.1. The minimum absolute atomic E-state index is 0.111. The third-order valence-corrected chi connectivity index (χ3v) is 1.71. The van der Waals surface area contributed by atoms with E-state index < -0.39 is 0 Å². The summed E-state index contributed by atoms with van der Waals surface area (Å²) in [4.78, 5) is 13.1. The Labute approximate surface area is 74.7 Å². The molecular formula is C9H19NO2. The molecule has 0 N–H and O–H groups in total. The summed E-state index contributed by atoms with van der Waals surface area (Å²) in [6.07, 6.45) is 0.893. The van der Waals surface area contributed by atoms with Gasteiger partial charge >= 0.3 is 5.97 Å². The predicted molar refractivity (Wildman–Crippen MR) is 49.0 cm³/mol. The molecule has 0 radical (unpaired) electrons. The van der Waals surface area contributed by atoms with Crippen LogP contribution in [0.4, 0.5) is 0 Å². The zero-order chi connectivity index (χ0) is 9.40. The van der Waals surface area contributed by atoms with Gasteiger partial charge in [-0.1, -0.05) is 20.8 Å². The first-order valence-electron chi connectivity index (χ1n) is 4.62. The van der Waals surface area contributed by atoms with Gasteiger partial charge in [-0.15, -0.1) is 0 Å². The standard InChI is InChI=1S/C9H19NO2/c1-4-7-12-9(11)8-10(5-2)6-3/h4-8H2,1-3H3. The van der Waals surface area contributed by atoms with Crippen LogP contribution in [0.15, 0.2) is 0 Å². The van der Waals surface area contributed by atoms with Gasteiger partial charge < -0.3 is 4.74 Å². The molecule has 12 heavy (non-hydrogen) atoms. The number of likely N-dealkylation sites (N-methyl/N-ethyl adjacent to an activating group) is 1. The van der Waals surface area contributed by atoms with E-state index in [-0.39, 0.29) is 5.97 Å². The predicted octanol–water partition coefficient (Wildman–Crippen LogP) is 1.28. The second-order valence-corrected chi connectivity index (χ2v) is 2.68. The van der Waals surface area contributed by atoms with Crippen molar-refractivity contribution >= 4 is 5.97 Å². The molecule has 0 aromatic carbocycles. The monoisotopic (exact) mass is 173 g/mol. The third-order valence-electron chi connectivity index (χ3n) is 1.71. The molecule has 0 bridgehead atoms.